The second kappa shape index (κ2) is 6.58. The maximum Gasteiger partial charge on any atom is 0.240 e. The van der Waals surface area contributed by atoms with Gasteiger partial charge >= 0.3 is 0 Å². The minimum atomic E-state index is -3.65. The summed E-state index contributed by atoms with van der Waals surface area (Å²) in [6.07, 6.45) is 7.58. The number of anilines is 1. The molecule has 0 spiro atoms. The van der Waals surface area contributed by atoms with Crippen LogP contribution in [0, 0.1) is 0 Å². The van der Waals surface area contributed by atoms with E-state index in [9.17, 15) is 13.2 Å². The van der Waals surface area contributed by atoms with E-state index in [-0.39, 0.29) is 17.3 Å². The fraction of sp³-hybridized carbons (Fsp3) is 0.368. The molecule has 1 aromatic carbocycles. The number of hydrogen-bond donors (Lipinski definition) is 2. The number of fused-ring (bicyclic) bond motifs is 2. The Morgan fingerprint density at radius 1 is 1.26 bits per heavy atom. The first kappa shape index (κ1) is 18.4. The number of pyridine rings is 1. The van der Waals surface area contributed by atoms with E-state index in [1.807, 2.05) is 6.20 Å². The van der Waals surface area contributed by atoms with Gasteiger partial charge in [-0.25, -0.2) is 13.1 Å². The lowest BCUT2D eigenvalue weighted by molar-refractivity contribution is -0.121. The molecule has 2 N–H and O–H groups in total. The molecule has 0 fully saturated rings. The van der Waals surface area contributed by atoms with Crippen molar-refractivity contribution in [3.63, 3.8) is 0 Å². The number of aryl methyl sites for hydroxylation is 1. The Balaban J connectivity index is 1.74. The maximum atomic E-state index is 13.2. The third-order valence-electron chi connectivity index (χ3n) is 5.46. The quantitative estimate of drug-likeness (QED) is 0.804. The molecule has 1 atom stereocenters. The first-order valence-electron chi connectivity index (χ1n) is 8.88. The Hall–Kier alpha value is -1.96. The van der Waals surface area contributed by atoms with Crippen molar-refractivity contribution in [1.82, 2.24) is 9.71 Å². The molecule has 8 heteroatoms. The Kier molecular flexibility index (Phi) is 4.49. The second-order valence-corrected chi connectivity index (χ2v) is 9.45. The first-order valence-corrected chi connectivity index (χ1v) is 10.7. The maximum absolute atomic E-state index is 13.2. The number of rotatable bonds is 2. The molecule has 2 aliphatic rings. The molecule has 0 unspecified atom stereocenters. The minimum Gasteiger partial charge on any atom is -0.324 e. The van der Waals surface area contributed by atoms with Crippen molar-refractivity contribution in [1.29, 1.82) is 0 Å². The van der Waals surface area contributed by atoms with E-state index in [2.05, 4.69) is 15.0 Å². The zero-order valence-electron chi connectivity index (χ0n) is 14.9. The van der Waals surface area contributed by atoms with Gasteiger partial charge in [0.05, 0.1) is 22.2 Å². The molecule has 27 heavy (non-hydrogen) atoms. The molecule has 2 heterocycles. The monoisotopic (exact) mass is 405 g/mol. The summed E-state index contributed by atoms with van der Waals surface area (Å²) in [5, 5.41) is 3.38. The summed E-state index contributed by atoms with van der Waals surface area (Å²) in [6, 6.07) is 4.52. The summed E-state index contributed by atoms with van der Waals surface area (Å²) in [5.74, 6) is -0.283. The van der Waals surface area contributed by atoms with Crippen molar-refractivity contribution in [3.8, 4) is 0 Å². The number of hydrogen-bond acceptors (Lipinski definition) is 4. The number of amides is 1. The van der Waals surface area contributed by atoms with Crippen LogP contribution in [-0.4, -0.2) is 25.9 Å². The molecule has 0 bridgehead atoms. The van der Waals surface area contributed by atoms with Crippen LogP contribution in [0.5, 0.6) is 0 Å². The van der Waals surface area contributed by atoms with Gasteiger partial charge in [-0.15, -0.1) is 0 Å². The zero-order valence-corrected chi connectivity index (χ0v) is 16.5. The van der Waals surface area contributed by atoms with Crippen LogP contribution in [0.2, 0.25) is 5.02 Å². The summed E-state index contributed by atoms with van der Waals surface area (Å²) < 4.78 is 27.2. The van der Waals surface area contributed by atoms with Gasteiger partial charge in [-0.2, -0.15) is 0 Å². The van der Waals surface area contributed by atoms with Crippen LogP contribution in [0.25, 0.3) is 0 Å². The summed E-state index contributed by atoms with van der Waals surface area (Å²) in [5.41, 5.74) is 2.32. The lowest BCUT2D eigenvalue weighted by Gasteiger charge is -2.35. The number of carbonyl (C=O) groups excluding carboxylic acids is 1. The molecule has 142 valence electrons. The van der Waals surface area contributed by atoms with Crippen molar-refractivity contribution < 1.29 is 13.2 Å². The van der Waals surface area contributed by atoms with E-state index in [4.69, 9.17) is 11.6 Å². The highest BCUT2D eigenvalue weighted by molar-refractivity contribution is 7.89. The fourth-order valence-corrected chi connectivity index (χ4v) is 5.44. The highest BCUT2D eigenvalue weighted by atomic mass is 35.5. The van der Waals surface area contributed by atoms with Crippen LogP contribution >= 0.6 is 11.6 Å². The van der Waals surface area contributed by atoms with Crippen LogP contribution in [0.4, 0.5) is 5.69 Å². The molecule has 0 radical (unpaired) electrons. The average Bonchev–Trinajstić information content (AvgIpc) is 2.65. The molecule has 1 aliphatic carbocycles. The molecule has 6 nitrogen and oxygen atoms in total. The Morgan fingerprint density at radius 3 is 2.85 bits per heavy atom. The second-order valence-electron chi connectivity index (χ2n) is 7.28. The third-order valence-corrected chi connectivity index (χ3v) is 7.15. The molecular formula is C19H20ClN3O3S. The van der Waals surface area contributed by atoms with Crippen LogP contribution in [0.3, 0.4) is 0 Å². The van der Waals surface area contributed by atoms with E-state index in [1.54, 1.807) is 19.2 Å². The lowest BCUT2D eigenvalue weighted by Crippen LogP contribution is -2.51. The summed E-state index contributed by atoms with van der Waals surface area (Å²) in [6.45, 7) is 1.69. The summed E-state index contributed by atoms with van der Waals surface area (Å²) in [4.78, 5) is 17.6. The molecule has 0 saturated heterocycles. The average molecular weight is 406 g/mol. The summed E-state index contributed by atoms with van der Waals surface area (Å²) >= 11 is 6.10. The van der Waals surface area contributed by atoms with Gasteiger partial charge in [0.15, 0.2) is 0 Å². The number of halogens is 1. The van der Waals surface area contributed by atoms with Crippen LogP contribution in [0.1, 0.15) is 36.5 Å². The number of benzene rings is 1. The third kappa shape index (κ3) is 3.13. The molecule has 2 aromatic rings. The van der Waals surface area contributed by atoms with Gasteiger partial charge in [-0.05, 0) is 67.5 Å². The predicted molar refractivity (Wildman–Crippen MR) is 104 cm³/mol. The zero-order chi connectivity index (χ0) is 19.2. The van der Waals surface area contributed by atoms with E-state index >= 15 is 0 Å². The normalized spacial score (nSPS) is 23.2. The number of sulfonamides is 1. The SMILES string of the molecule is C[C@@]1(C(=O)Nc2cncc3c2CCCC3)CNS(=O)(=O)c2ccc(Cl)cc21. The Bertz CT molecular complexity index is 1040. The van der Waals surface area contributed by atoms with Gasteiger partial charge in [0, 0.05) is 17.8 Å². The molecule has 4 rings (SSSR count). The standard InChI is InChI=1S/C19H20ClN3O3S/c1-19(11-22-27(25,26)17-7-6-13(20)8-15(17)19)18(24)23-16-10-21-9-12-4-2-3-5-14(12)16/h6-10,22H,2-5,11H2,1H3,(H,23,24)/t19-/m1/s1. The van der Waals surface area contributed by atoms with E-state index in [1.165, 1.54) is 12.1 Å². The van der Waals surface area contributed by atoms with Crippen molar-refractivity contribution in [2.75, 3.05) is 11.9 Å². The van der Waals surface area contributed by atoms with Crippen molar-refractivity contribution in [2.45, 2.75) is 42.9 Å². The highest BCUT2D eigenvalue weighted by Crippen LogP contribution is 2.37. The lowest BCUT2D eigenvalue weighted by atomic mass is 9.81. The highest BCUT2D eigenvalue weighted by Gasteiger charge is 2.44. The van der Waals surface area contributed by atoms with Crippen molar-refractivity contribution >= 4 is 33.2 Å². The van der Waals surface area contributed by atoms with Crippen LogP contribution in [0.15, 0.2) is 35.5 Å². The van der Waals surface area contributed by atoms with Gasteiger partial charge in [0.1, 0.15) is 0 Å². The molecule has 0 saturated carbocycles. The van der Waals surface area contributed by atoms with E-state index < -0.39 is 15.4 Å². The number of nitrogens with zero attached hydrogens (tertiary/aromatic N) is 1. The molecule has 1 aliphatic heterocycles. The van der Waals surface area contributed by atoms with E-state index in [0.29, 0.717) is 16.3 Å². The van der Waals surface area contributed by atoms with Gasteiger partial charge in [0.25, 0.3) is 0 Å². The largest absolute Gasteiger partial charge is 0.324 e. The fourth-order valence-electron chi connectivity index (χ4n) is 3.81. The predicted octanol–water partition coefficient (Wildman–Crippen LogP) is 2.80. The van der Waals surface area contributed by atoms with Gasteiger partial charge in [0.2, 0.25) is 15.9 Å². The van der Waals surface area contributed by atoms with Crippen molar-refractivity contribution in [2.24, 2.45) is 0 Å². The molecule has 1 amide bonds. The van der Waals surface area contributed by atoms with Crippen molar-refractivity contribution in [3.05, 3.63) is 52.3 Å². The number of aromatic nitrogens is 1. The number of nitrogens with one attached hydrogen (secondary N) is 2. The van der Waals surface area contributed by atoms with Gasteiger partial charge in [-0.3, -0.25) is 9.78 Å². The number of carbonyl (C=O) groups is 1. The molecular weight excluding hydrogens is 386 g/mol. The van der Waals surface area contributed by atoms with Crippen LogP contribution in [-0.2, 0) is 33.1 Å². The Labute approximate surface area is 163 Å². The van der Waals surface area contributed by atoms with Gasteiger partial charge < -0.3 is 5.32 Å². The minimum absolute atomic E-state index is 0.0308. The summed E-state index contributed by atoms with van der Waals surface area (Å²) in [7, 11) is -3.65. The molecule has 1 aromatic heterocycles. The van der Waals surface area contributed by atoms with E-state index in [0.717, 1.165) is 36.8 Å². The Morgan fingerprint density at radius 2 is 2.04 bits per heavy atom. The van der Waals surface area contributed by atoms with Gasteiger partial charge in [-0.1, -0.05) is 11.6 Å². The topological polar surface area (TPSA) is 88.2 Å². The van der Waals surface area contributed by atoms with Crippen LogP contribution < -0.4 is 10.0 Å². The first-order chi connectivity index (χ1) is 12.8. The smallest absolute Gasteiger partial charge is 0.240 e.